The standard InChI is InChI=1S/C10H12IN2O6P/c1-5-3-13(10(15)12-9(5)14)8-2-6-7(18-8)4-17-20(11,16)19-6/h3,6-8H,2,4H2,1H3,(H,12,14,15)/t6-,7+,8+,20?/m0/s1. The van der Waals surface area contributed by atoms with Crippen molar-refractivity contribution in [3.05, 3.63) is 32.6 Å². The van der Waals surface area contributed by atoms with Gasteiger partial charge < -0.3 is 4.74 Å². The monoisotopic (exact) mass is 414 g/mol. The van der Waals surface area contributed by atoms with Crippen LogP contribution in [-0.4, -0.2) is 28.4 Å². The molecule has 1 aromatic rings. The Labute approximate surface area is 126 Å². The minimum absolute atomic E-state index is 0.165. The van der Waals surface area contributed by atoms with Crippen LogP contribution in [0.25, 0.3) is 0 Å². The smallest absolute Gasteiger partial charge is 0.349 e. The summed E-state index contributed by atoms with van der Waals surface area (Å²) in [7, 11) is 0. The van der Waals surface area contributed by atoms with Gasteiger partial charge in [-0.1, -0.05) is 0 Å². The van der Waals surface area contributed by atoms with E-state index >= 15 is 0 Å². The molecule has 110 valence electrons. The average Bonchev–Trinajstić information content (AvgIpc) is 2.74. The first-order valence-corrected chi connectivity index (χ1v) is 10.3. The molecule has 2 aliphatic heterocycles. The van der Waals surface area contributed by atoms with E-state index in [1.165, 1.54) is 10.8 Å². The van der Waals surface area contributed by atoms with E-state index in [-0.39, 0.29) is 18.8 Å². The summed E-state index contributed by atoms with van der Waals surface area (Å²) in [6.07, 6.45) is 0.526. The van der Waals surface area contributed by atoms with Gasteiger partial charge in [0.25, 0.3) is 5.56 Å². The first-order chi connectivity index (χ1) is 9.35. The Bertz CT molecular complexity index is 700. The molecular weight excluding hydrogens is 402 g/mol. The fourth-order valence-electron chi connectivity index (χ4n) is 2.29. The van der Waals surface area contributed by atoms with Gasteiger partial charge >= 0.3 is 10.9 Å². The van der Waals surface area contributed by atoms with Crippen LogP contribution in [0.3, 0.4) is 0 Å². The number of aromatic amines is 1. The Morgan fingerprint density at radius 3 is 2.95 bits per heavy atom. The zero-order valence-corrected chi connectivity index (χ0v) is 13.5. The third kappa shape index (κ3) is 2.64. The molecule has 0 aliphatic carbocycles. The number of halogens is 1. The molecule has 20 heavy (non-hydrogen) atoms. The molecule has 3 rings (SSSR count). The summed E-state index contributed by atoms with van der Waals surface area (Å²) in [4.78, 5) is 25.4. The fraction of sp³-hybridized carbons (Fsp3) is 0.600. The topological polar surface area (TPSA) is 99.6 Å². The summed E-state index contributed by atoms with van der Waals surface area (Å²) in [6.45, 7) is 1.77. The van der Waals surface area contributed by atoms with Gasteiger partial charge in [0.15, 0.2) is 0 Å². The van der Waals surface area contributed by atoms with Gasteiger partial charge in [0.1, 0.15) is 18.4 Å². The second-order valence-corrected chi connectivity index (χ2v) is 9.59. The molecule has 3 heterocycles. The molecule has 2 saturated heterocycles. The highest BCUT2D eigenvalue weighted by molar-refractivity contribution is 14.2. The van der Waals surface area contributed by atoms with Crippen LogP contribution in [0.5, 0.6) is 0 Å². The highest BCUT2D eigenvalue weighted by atomic mass is 127. The van der Waals surface area contributed by atoms with Crippen molar-refractivity contribution in [2.45, 2.75) is 31.8 Å². The van der Waals surface area contributed by atoms with E-state index in [4.69, 9.17) is 13.8 Å². The maximum absolute atomic E-state index is 11.8. The second-order valence-electron chi connectivity index (χ2n) is 4.71. The lowest BCUT2D eigenvalue weighted by molar-refractivity contribution is -0.0553. The molecule has 1 unspecified atom stereocenters. The van der Waals surface area contributed by atoms with Crippen LogP contribution in [0, 0.1) is 6.92 Å². The molecule has 1 N–H and O–H groups in total. The summed E-state index contributed by atoms with van der Waals surface area (Å²) in [5.74, 6) is 0. The van der Waals surface area contributed by atoms with Crippen molar-refractivity contribution in [1.82, 2.24) is 9.55 Å². The largest absolute Gasteiger partial charge is 0.389 e. The van der Waals surface area contributed by atoms with Crippen LogP contribution in [0.4, 0.5) is 0 Å². The third-order valence-corrected chi connectivity index (χ3v) is 5.79. The third-order valence-electron chi connectivity index (χ3n) is 3.29. The Morgan fingerprint density at radius 1 is 1.45 bits per heavy atom. The van der Waals surface area contributed by atoms with Crippen molar-refractivity contribution in [1.29, 1.82) is 0 Å². The van der Waals surface area contributed by atoms with Crippen molar-refractivity contribution in [3.63, 3.8) is 0 Å². The van der Waals surface area contributed by atoms with Crippen LogP contribution in [-0.2, 0) is 18.3 Å². The summed E-state index contributed by atoms with van der Waals surface area (Å²) in [6, 6.07) is 0. The Balaban J connectivity index is 1.88. The van der Waals surface area contributed by atoms with Crippen LogP contribution >= 0.6 is 27.3 Å². The van der Waals surface area contributed by atoms with Gasteiger partial charge in [0.2, 0.25) is 0 Å². The van der Waals surface area contributed by atoms with Crippen LogP contribution in [0.2, 0.25) is 0 Å². The van der Waals surface area contributed by atoms with E-state index in [1.54, 1.807) is 29.0 Å². The number of rotatable bonds is 1. The maximum atomic E-state index is 11.8. The van der Waals surface area contributed by atoms with Gasteiger partial charge in [-0.25, -0.2) is 9.36 Å². The molecule has 1 aromatic heterocycles. The van der Waals surface area contributed by atoms with Crippen molar-refractivity contribution in [3.8, 4) is 0 Å². The molecule has 0 spiro atoms. The number of nitrogens with one attached hydrogen (secondary N) is 1. The number of aromatic nitrogens is 2. The van der Waals surface area contributed by atoms with E-state index in [0.717, 1.165) is 0 Å². The Morgan fingerprint density at radius 2 is 2.20 bits per heavy atom. The van der Waals surface area contributed by atoms with Crippen LogP contribution < -0.4 is 11.2 Å². The van der Waals surface area contributed by atoms with E-state index in [9.17, 15) is 14.2 Å². The van der Waals surface area contributed by atoms with Gasteiger partial charge in [-0.2, -0.15) is 0 Å². The molecule has 0 bridgehead atoms. The van der Waals surface area contributed by atoms with Crippen LogP contribution in [0.1, 0.15) is 18.2 Å². The summed E-state index contributed by atoms with van der Waals surface area (Å²) < 4.78 is 29.2. The number of aryl methyl sites for hydroxylation is 1. The normalized spacial score (nSPS) is 36.8. The SMILES string of the molecule is Cc1cn([C@H]2C[C@@H]3OP(=O)(I)OC[C@H]3O2)c(=O)[nH]c1=O. The summed E-state index contributed by atoms with van der Waals surface area (Å²) >= 11 is 1.64. The molecule has 2 fully saturated rings. The predicted molar refractivity (Wildman–Crippen MR) is 77.0 cm³/mol. The minimum Gasteiger partial charge on any atom is -0.349 e. The first-order valence-electron chi connectivity index (χ1n) is 5.96. The second kappa shape index (κ2) is 5.06. The van der Waals surface area contributed by atoms with Crippen molar-refractivity contribution in [2.75, 3.05) is 6.61 Å². The number of hydrogen-bond donors (Lipinski definition) is 1. The van der Waals surface area contributed by atoms with Crippen molar-refractivity contribution >= 4 is 27.3 Å². The molecule has 0 radical (unpaired) electrons. The molecular formula is C10H12IN2O6P. The van der Waals surface area contributed by atoms with E-state index < -0.39 is 22.7 Å². The minimum atomic E-state index is -3.06. The molecule has 0 amide bonds. The van der Waals surface area contributed by atoms with Gasteiger partial charge in [0.05, 0.1) is 28.6 Å². The first kappa shape index (κ1) is 14.5. The van der Waals surface area contributed by atoms with Gasteiger partial charge in [-0.15, -0.1) is 0 Å². The van der Waals surface area contributed by atoms with Crippen molar-refractivity contribution in [2.24, 2.45) is 0 Å². The fourth-order valence-corrected chi connectivity index (χ4v) is 4.58. The van der Waals surface area contributed by atoms with E-state index in [0.29, 0.717) is 12.0 Å². The lowest BCUT2D eigenvalue weighted by atomic mass is 10.2. The number of hydrogen-bond acceptors (Lipinski definition) is 6. The Hall–Kier alpha value is -0.480. The summed E-state index contributed by atoms with van der Waals surface area (Å²) in [5, 5.41) is -3.06. The average molecular weight is 414 g/mol. The van der Waals surface area contributed by atoms with Crippen molar-refractivity contribution < 1.29 is 18.3 Å². The molecule has 10 heteroatoms. The molecule has 8 nitrogen and oxygen atoms in total. The highest BCUT2D eigenvalue weighted by Crippen LogP contribution is 2.62. The Kier molecular flexibility index (Phi) is 3.66. The number of H-pyrrole nitrogens is 1. The van der Waals surface area contributed by atoms with E-state index in [1.807, 2.05) is 0 Å². The zero-order chi connectivity index (χ0) is 14.5. The van der Waals surface area contributed by atoms with E-state index in [2.05, 4.69) is 4.98 Å². The quantitative estimate of drug-likeness (QED) is 0.546. The zero-order valence-electron chi connectivity index (χ0n) is 10.4. The van der Waals surface area contributed by atoms with Gasteiger partial charge in [0, 0.05) is 18.2 Å². The molecule has 0 saturated carbocycles. The number of ether oxygens (including phenoxy) is 1. The highest BCUT2D eigenvalue weighted by Gasteiger charge is 2.45. The number of fused-ring (bicyclic) bond motifs is 1. The molecule has 2 aliphatic rings. The lowest BCUT2D eigenvalue weighted by Crippen LogP contribution is -2.33. The van der Waals surface area contributed by atoms with Crippen LogP contribution in [0.15, 0.2) is 15.8 Å². The molecule has 0 aromatic carbocycles. The maximum Gasteiger partial charge on any atom is 0.389 e. The predicted octanol–water partition coefficient (Wildman–Crippen LogP) is 1.09. The molecule has 4 atom stereocenters. The lowest BCUT2D eigenvalue weighted by Gasteiger charge is -2.27. The van der Waals surface area contributed by atoms with Gasteiger partial charge in [-0.05, 0) is 6.92 Å². The number of nitrogens with zero attached hydrogens (tertiary/aromatic N) is 1. The summed E-state index contributed by atoms with van der Waals surface area (Å²) in [5.41, 5.74) is -0.541. The van der Waals surface area contributed by atoms with Gasteiger partial charge in [-0.3, -0.25) is 23.4 Å².